The molecule has 0 radical (unpaired) electrons. The van der Waals surface area contributed by atoms with Crippen LogP contribution < -0.4 is 3.53 Å². The summed E-state index contributed by atoms with van der Waals surface area (Å²) in [5.41, 5.74) is 0. The molecule has 92 valence electrons. The molecule has 0 spiro atoms. The highest BCUT2D eigenvalue weighted by Crippen LogP contribution is 2.27. The molecule has 16 heavy (non-hydrogen) atoms. The Bertz CT molecular complexity index is 233. The van der Waals surface area contributed by atoms with Gasteiger partial charge >= 0.3 is 0 Å². The van der Waals surface area contributed by atoms with Crippen LogP contribution in [0.4, 0.5) is 0 Å². The first kappa shape index (κ1) is 12.6. The molecular formula is C12H21IN2O. The normalized spacial score (nSPS) is 31.4. The number of carbonyl (C=O) groups is 1. The summed E-state index contributed by atoms with van der Waals surface area (Å²) >= 11 is 2.23. The molecule has 0 bridgehead atoms. The van der Waals surface area contributed by atoms with Gasteiger partial charge in [0.1, 0.15) is 0 Å². The van der Waals surface area contributed by atoms with Crippen molar-refractivity contribution in [1.82, 2.24) is 8.43 Å². The lowest BCUT2D eigenvalue weighted by Gasteiger charge is -2.33. The zero-order valence-corrected chi connectivity index (χ0v) is 11.9. The molecule has 0 aromatic carbocycles. The maximum absolute atomic E-state index is 12.3. The van der Waals surface area contributed by atoms with Crippen LogP contribution in [0.5, 0.6) is 0 Å². The number of amides is 1. The number of likely N-dealkylation sites (tertiary alicyclic amines) is 1. The highest BCUT2D eigenvalue weighted by Gasteiger charge is 2.29. The standard InChI is InChI=1S/C12H21IN2O/c13-14-11-6-4-10(5-7-11)12(16)15-8-2-1-3-9-15/h10-11,14H,1-9H2. The van der Waals surface area contributed by atoms with Crippen LogP contribution in [-0.4, -0.2) is 29.9 Å². The van der Waals surface area contributed by atoms with E-state index < -0.39 is 0 Å². The van der Waals surface area contributed by atoms with E-state index in [9.17, 15) is 4.79 Å². The van der Waals surface area contributed by atoms with Crippen LogP contribution in [0.1, 0.15) is 44.9 Å². The summed E-state index contributed by atoms with van der Waals surface area (Å²) < 4.78 is 3.29. The summed E-state index contributed by atoms with van der Waals surface area (Å²) in [6, 6.07) is 0.631. The minimum Gasteiger partial charge on any atom is -0.342 e. The predicted molar refractivity (Wildman–Crippen MR) is 73.3 cm³/mol. The predicted octanol–water partition coefficient (Wildman–Crippen LogP) is 2.50. The maximum Gasteiger partial charge on any atom is 0.225 e. The van der Waals surface area contributed by atoms with E-state index in [1.807, 2.05) is 0 Å². The third-order valence-electron chi connectivity index (χ3n) is 3.90. The van der Waals surface area contributed by atoms with E-state index >= 15 is 0 Å². The van der Waals surface area contributed by atoms with Gasteiger partial charge < -0.3 is 4.90 Å². The van der Waals surface area contributed by atoms with Crippen LogP contribution in [0.3, 0.4) is 0 Å². The highest BCUT2D eigenvalue weighted by molar-refractivity contribution is 14.1. The zero-order valence-electron chi connectivity index (χ0n) is 9.75. The van der Waals surface area contributed by atoms with Gasteiger partial charge in [0.25, 0.3) is 0 Å². The van der Waals surface area contributed by atoms with Gasteiger partial charge in [0.15, 0.2) is 0 Å². The number of hydrogen-bond acceptors (Lipinski definition) is 2. The lowest BCUT2D eigenvalue weighted by atomic mass is 9.85. The highest BCUT2D eigenvalue weighted by atomic mass is 127. The Morgan fingerprint density at radius 1 is 1.06 bits per heavy atom. The van der Waals surface area contributed by atoms with Crippen molar-refractivity contribution in [2.45, 2.75) is 51.0 Å². The topological polar surface area (TPSA) is 32.3 Å². The van der Waals surface area contributed by atoms with Crippen molar-refractivity contribution in [3.8, 4) is 0 Å². The van der Waals surface area contributed by atoms with Crippen LogP contribution in [0.25, 0.3) is 0 Å². The first-order valence-electron chi connectivity index (χ1n) is 6.46. The van der Waals surface area contributed by atoms with E-state index in [1.54, 1.807) is 0 Å². The number of piperidine rings is 1. The van der Waals surface area contributed by atoms with Crippen LogP contribution in [0.15, 0.2) is 0 Å². The van der Waals surface area contributed by atoms with Gasteiger partial charge in [-0.05, 0) is 44.9 Å². The van der Waals surface area contributed by atoms with E-state index in [2.05, 4.69) is 31.3 Å². The Morgan fingerprint density at radius 2 is 1.69 bits per heavy atom. The lowest BCUT2D eigenvalue weighted by molar-refractivity contribution is -0.137. The van der Waals surface area contributed by atoms with E-state index in [-0.39, 0.29) is 0 Å². The number of rotatable bonds is 2. The monoisotopic (exact) mass is 336 g/mol. The average molecular weight is 336 g/mol. The van der Waals surface area contributed by atoms with Gasteiger partial charge in [-0.2, -0.15) is 0 Å². The summed E-state index contributed by atoms with van der Waals surface area (Å²) in [4.78, 5) is 14.4. The van der Waals surface area contributed by atoms with Gasteiger partial charge in [-0.1, -0.05) is 0 Å². The first-order valence-corrected chi connectivity index (χ1v) is 7.54. The molecule has 2 aliphatic rings. The van der Waals surface area contributed by atoms with Crippen LogP contribution in [0.2, 0.25) is 0 Å². The van der Waals surface area contributed by atoms with Crippen molar-refractivity contribution in [3.05, 3.63) is 0 Å². The molecule has 4 heteroatoms. The molecule has 0 aromatic heterocycles. The summed E-state index contributed by atoms with van der Waals surface area (Å²) in [7, 11) is 0. The zero-order chi connectivity index (χ0) is 11.4. The summed E-state index contributed by atoms with van der Waals surface area (Å²) in [5, 5.41) is 0. The summed E-state index contributed by atoms with van der Waals surface area (Å²) in [6.07, 6.45) is 8.19. The van der Waals surface area contributed by atoms with Gasteiger partial charge in [-0.3, -0.25) is 8.32 Å². The second-order valence-corrected chi connectivity index (χ2v) is 5.67. The van der Waals surface area contributed by atoms with Crippen LogP contribution >= 0.6 is 22.9 Å². The minimum absolute atomic E-state index is 0.319. The average Bonchev–Trinajstić information content (AvgIpc) is 2.39. The molecule has 2 rings (SSSR count). The Morgan fingerprint density at radius 3 is 2.25 bits per heavy atom. The van der Waals surface area contributed by atoms with Crippen molar-refractivity contribution in [2.75, 3.05) is 13.1 Å². The fourth-order valence-corrected chi connectivity index (χ4v) is 3.44. The van der Waals surface area contributed by atoms with Gasteiger partial charge in [0.05, 0.1) is 0 Å². The van der Waals surface area contributed by atoms with Crippen LogP contribution in [-0.2, 0) is 4.79 Å². The SMILES string of the molecule is O=C(C1CCC(NI)CC1)N1CCCCC1. The molecule has 1 N–H and O–H groups in total. The lowest BCUT2D eigenvalue weighted by Crippen LogP contribution is -2.41. The summed E-state index contributed by atoms with van der Waals surface area (Å²) in [5.74, 6) is 0.755. The smallest absolute Gasteiger partial charge is 0.225 e. The van der Waals surface area contributed by atoms with E-state index in [0.29, 0.717) is 17.9 Å². The number of carbonyl (C=O) groups excluding carboxylic acids is 1. The van der Waals surface area contributed by atoms with E-state index in [4.69, 9.17) is 0 Å². The number of nitrogens with zero attached hydrogens (tertiary/aromatic N) is 1. The second-order valence-electron chi connectivity index (χ2n) is 5.04. The molecule has 1 aliphatic heterocycles. The Labute approximate surface area is 112 Å². The molecule has 0 atom stereocenters. The fourth-order valence-electron chi connectivity index (χ4n) is 2.82. The second kappa shape index (κ2) is 6.19. The van der Waals surface area contributed by atoms with Crippen LogP contribution in [0, 0.1) is 5.92 Å². The number of halogens is 1. The molecular weight excluding hydrogens is 315 g/mol. The summed E-state index contributed by atoms with van der Waals surface area (Å²) in [6.45, 7) is 2.01. The Balaban J connectivity index is 1.81. The molecule has 1 saturated heterocycles. The van der Waals surface area contributed by atoms with Crippen molar-refractivity contribution in [2.24, 2.45) is 5.92 Å². The number of hydrogen-bond donors (Lipinski definition) is 1. The van der Waals surface area contributed by atoms with E-state index in [1.165, 1.54) is 19.3 Å². The van der Waals surface area contributed by atoms with Gasteiger partial charge in [0, 0.05) is 47.9 Å². The quantitative estimate of drug-likeness (QED) is 0.621. The van der Waals surface area contributed by atoms with Crippen molar-refractivity contribution >= 4 is 28.8 Å². The molecule has 1 saturated carbocycles. The van der Waals surface area contributed by atoms with Gasteiger partial charge in [-0.25, -0.2) is 0 Å². The third kappa shape index (κ3) is 3.09. The van der Waals surface area contributed by atoms with Crippen molar-refractivity contribution in [3.63, 3.8) is 0 Å². The van der Waals surface area contributed by atoms with Gasteiger partial charge in [-0.15, -0.1) is 0 Å². The maximum atomic E-state index is 12.3. The molecule has 1 aliphatic carbocycles. The number of nitrogens with one attached hydrogen (secondary N) is 1. The molecule has 2 fully saturated rings. The molecule has 0 aromatic rings. The van der Waals surface area contributed by atoms with E-state index in [0.717, 1.165) is 38.8 Å². The van der Waals surface area contributed by atoms with Crippen molar-refractivity contribution < 1.29 is 4.79 Å². The molecule has 1 heterocycles. The third-order valence-corrected chi connectivity index (χ3v) is 4.78. The molecule has 0 unspecified atom stereocenters. The van der Waals surface area contributed by atoms with Gasteiger partial charge in [0.2, 0.25) is 5.91 Å². The molecule has 1 amide bonds. The Hall–Kier alpha value is 0.160. The van der Waals surface area contributed by atoms with Crippen molar-refractivity contribution in [1.29, 1.82) is 0 Å². The first-order chi connectivity index (χ1) is 7.81. The minimum atomic E-state index is 0.319. The largest absolute Gasteiger partial charge is 0.342 e. The fraction of sp³-hybridized carbons (Fsp3) is 0.917. The Kier molecular flexibility index (Phi) is 4.88. The molecule has 3 nitrogen and oxygen atoms in total.